The molecule has 0 fully saturated rings. The molecule has 0 spiro atoms. The summed E-state index contributed by atoms with van der Waals surface area (Å²) in [5.74, 6) is 1.82. The molecule has 0 aliphatic carbocycles. The van der Waals surface area contributed by atoms with Crippen LogP contribution < -0.4 is 21.5 Å². The van der Waals surface area contributed by atoms with Crippen LogP contribution >= 0.6 is 0 Å². The number of ether oxygens (including phenoxy) is 1. The van der Waals surface area contributed by atoms with Gasteiger partial charge in [-0.05, 0) is 43.3 Å². The average Bonchev–Trinajstić information content (AvgIpc) is 2.37. The summed E-state index contributed by atoms with van der Waals surface area (Å²) in [7, 11) is 0. The molecule has 1 heterocycles. The van der Waals surface area contributed by atoms with Gasteiger partial charge >= 0.3 is 0 Å². The van der Waals surface area contributed by atoms with E-state index < -0.39 is 0 Å². The molecule has 0 unspecified atom stereocenters. The second kappa shape index (κ2) is 5.27. The van der Waals surface area contributed by atoms with E-state index in [0.29, 0.717) is 23.9 Å². The van der Waals surface area contributed by atoms with Crippen LogP contribution in [0.5, 0.6) is 5.75 Å². The van der Waals surface area contributed by atoms with Crippen molar-refractivity contribution in [2.75, 3.05) is 23.4 Å². The summed E-state index contributed by atoms with van der Waals surface area (Å²) in [5.41, 5.74) is 12.6. The SMILES string of the molecule is CCOc1ccc(Nc2ccc(N)c(N)n2)cc1. The van der Waals surface area contributed by atoms with E-state index in [-0.39, 0.29) is 0 Å². The molecule has 2 rings (SSSR count). The average molecular weight is 244 g/mol. The van der Waals surface area contributed by atoms with Crippen LogP contribution in [0.15, 0.2) is 36.4 Å². The number of aromatic nitrogens is 1. The fourth-order valence-electron chi connectivity index (χ4n) is 1.50. The third-order valence-corrected chi connectivity index (χ3v) is 2.40. The van der Waals surface area contributed by atoms with Crippen LogP contribution in [0.3, 0.4) is 0 Å². The number of nitrogen functional groups attached to an aromatic ring is 2. The lowest BCUT2D eigenvalue weighted by Crippen LogP contribution is -2.01. The summed E-state index contributed by atoms with van der Waals surface area (Å²) in [4.78, 5) is 4.14. The Kier molecular flexibility index (Phi) is 3.52. The predicted molar refractivity (Wildman–Crippen MR) is 74.0 cm³/mol. The molecular formula is C13H16N4O. The number of benzene rings is 1. The summed E-state index contributed by atoms with van der Waals surface area (Å²) in [6.45, 7) is 2.61. The Hall–Kier alpha value is -2.43. The lowest BCUT2D eigenvalue weighted by molar-refractivity contribution is 0.340. The summed E-state index contributed by atoms with van der Waals surface area (Å²) in [5, 5.41) is 3.14. The van der Waals surface area contributed by atoms with E-state index in [0.717, 1.165) is 11.4 Å². The van der Waals surface area contributed by atoms with E-state index in [1.54, 1.807) is 12.1 Å². The van der Waals surface area contributed by atoms with Gasteiger partial charge in [0.25, 0.3) is 0 Å². The second-order valence-electron chi connectivity index (χ2n) is 3.75. The van der Waals surface area contributed by atoms with E-state index in [1.807, 2.05) is 31.2 Å². The molecule has 1 aromatic heterocycles. The summed E-state index contributed by atoms with van der Waals surface area (Å²) in [6.07, 6.45) is 0. The zero-order valence-electron chi connectivity index (χ0n) is 10.2. The van der Waals surface area contributed by atoms with Gasteiger partial charge < -0.3 is 21.5 Å². The molecule has 94 valence electrons. The van der Waals surface area contributed by atoms with Crippen LogP contribution in [0.1, 0.15) is 6.92 Å². The van der Waals surface area contributed by atoms with Crippen molar-refractivity contribution in [3.8, 4) is 5.75 Å². The van der Waals surface area contributed by atoms with Crippen molar-refractivity contribution in [3.63, 3.8) is 0 Å². The highest BCUT2D eigenvalue weighted by atomic mass is 16.5. The first kappa shape index (κ1) is 12.0. The van der Waals surface area contributed by atoms with Crippen LogP contribution in [0.4, 0.5) is 23.0 Å². The van der Waals surface area contributed by atoms with Gasteiger partial charge in [0.1, 0.15) is 17.4 Å². The Morgan fingerprint density at radius 2 is 1.83 bits per heavy atom. The molecule has 0 aliphatic rings. The molecule has 5 N–H and O–H groups in total. The maximum Gasteiger partial charge on any atom is 0.149 e. The zero-order chi connectivity index (χ0) is 13.0. The third kappa shape index (κ3) is 2.82. The molecule has 0 amide bonds. The molecular weight excluding hydrogens is 228 g/mol. The summed E-state index contributed by atoms with van der Waals surface area (Å²) < 4.78 is 5.37. The maximum atomic E-state index is 5.64. The highest BCUT2D eigenvalue weighted by Crippen LogP contribution is 2.21. The summed E-state index contributed by atoms with van der Waals surface area (Å²) in [6, 6.07) is 11.1. The molecule has 0 aliphatic heterocycles. The first-order valence-electron chi connectivity index (χ1n) is 5.71. The third-order valence-electron chi connectivity index (χ3n) is 2.40. The quantitative estimate of drug-likeness (QED) is 0.768. The molecule has 5 heteroatoms. The molecule has 2 aromatic rings. The number of rotatable bonds is 4. The monoisotopic (exact) mass is 244 g/mol. The zero-order valence-corrected chi connectivity index (χ0v) is 10.2. The van der Waals surface area contributed by atoms with Gasteiger partial charge in [0.2, 0.25) is 0 Å². The Balaban J connectivity index is 2.10. The predicted octanol–water partition coefficient (Wildman–Crippen LogP) is 2.39. The Bertz CT molecular complexity index is 525. The fraction of sp³-hybridized carbons (Fsp3) is 0.154. The minimum absolute atomic E-state index is 0.325. The highest BCUT2D eigenvalue weighted by Gasteiger charge is 2.00. The van der Waals surface area contributed by atoms with Crippen molar-refractivity contribution in [2.24, 2.45) is 0 Å². The molecule has 0 radical (unpaired) electrons. The number of hydrogen-bond donors (Lipinski definition) is 3. The van der Waals surface area contributed by atoms with Gasteiger partial charge in [0, 0.05) is 5.69 Å². The topological polar surface area (TPSA) is 86.2 Å². The van der Waals surface area contributed by atoms with Crippen LogP contribution in [0, 0.1) is 0 Å². The number of nitrogens with two attached hydrogens (primary N) is 2. The number of hydrogen-bond acceptors (Lipinski definition) is 5. The molecule has 1 aromatic carbocycles. The van der Waals surface area contributed by atoms with Crippen molar-refractivity contribution in [1.29, 1.82) is 0 Å². The number of pyridine rings is 1. The van der Waals surface area contributed by atoms with Crippen molar-refractivity contribution in [3.05, 3.63) is 36.4 Å². The second-order valence-corrected chi connectivity index (χ2v) is 3.75. The van der Waals surface area contributed by atoms with Crippen LogP contribution in [0.2, 0.25) is 0 Å². The van der Waals surface area contributed by atoms with Gasteiger partial charge in [0.15, 0.2) is 0 Å². The van der Waals surface area contributed by atoms with Gasteiger partial charge in [-0.1, -0.05) is 0 Å². The van der Waals surface area contributed by atoms with Crippen LogP contribution in [-0.4, -0.2) is 11.6 Å². The van der Waals surface area contributed by atoms with Crippen molar-refractivity contribution < 1.29 is 4.74 Å². The Morgan fingerprint density at radius 1 is 1.11 bits per heavy atom. The van der Waals surface area contributed by atoms with Crippen molar-refractivity contribution >= 4 is 23.0 Å². The van der Waals surface area contributed by atoms with E-state index in [4.69, 9.17) is 16.2 Å². The first-order valence-corrected chi connectivity index (χ1v) is 5.71. The van der Waals surface area contributed by atoms with Gasteiger partial charge in [-0.15, -0.1) is 0 Å². The molecule has 0 bridgehead atoms. The van der Waals surface area contributed by atoms with Gasteiger partial charge in [0.05, 0.1) is 12.3 Å². The number of nitrogens with one attached hydrogen (secondary N) is 1. The lowest BCUT2D eigenvalue weighted by atomic mass is 10.3. The molecule has 0 atom stereocenters. The maximum absolute atomic E-state index is 5.64. The van der Waals surface area contributed by atoms with Gasteiger partial charge in [-0.3, -0.25) is 0 Å². The van der Waals surface area contributed by atoms with E-state index in [9.17, 15) is 0 Å². The normalized spacial score (nSPS) is 10.1. The van der Waals surface area contributed by atoms with Crippen molar-refractivity contribution in [2.45, 2.75) is 6.92 Å². The Morgan fingerprint density at radius 3 is 2.44 bits per heavy atom. The largest absolute Gasteiger partial charge is 0.494 e. The van der Waals surface area contributed by atoms with E-state index in [2.05, 4.69) is 10.3 Å². The molecule has 0 saturated carbocycles. The van der Waals surface area contributed by atoms with Crippen LogP contribution in [-0.2, 0) is 0 Å². The number of nitrogens with zero attached hydrogens (tertiary/aromatic N) is 1. The first-order chi connectivity index (χ1) is 8.69. The molecule has 18 heavy (non-hydrogen) atoms. The van der Waals surface area contributed by atoms with E-state index >= 15 is 0 Å². The fourth-order valence-corrected chi connectivity index (χ4v) is 1.50. The standard InChI is InChI=1S/C13H16N4O/c1-2-18-10-5-3-9(4-6-10)16-12-8-7-11(14)13(15)17-12/h3-8H,2,14H2,1H3,(H3,15,16,17). The van der Waals surface area contributed by atoms with Gasteiger partial charge in [-0.25, -0.2) is 4.98 Å². The minimum atomic E-state index is 0.325. The van der Waals surface area contributed by atoms with Crippen LogP contribution in [0.25, 0.3) is 0 Å². The molecule has 5 nitrogen and oxygen atoms in total. The van der Waals surface area contributed by atoms with Gasteiger partial charge in [-0.2, -0.15) is 0 Å². The summed E-state index contributed by atoms with van der Waals surface area (Å²) >= 11 is 0. The van der Waals surface area contributed by atoms with Crippen molar-refractivity contribution in [1.82, 2.24) is 4.98 Å². The van der Waals surface area contributed by atoms with E-state index in [1.165, 1.54) is 0 Å². The number of anilines is 4. The smallest absolute Gasteiger partial charge is 0.149 e. The highest BCUT2D eigenvalue weighted by molar-refractivity contribution is 5.65. The lowest BCUT2D eigenvalue weighted by Gasteiger charge is -2.08. The Labute approximate surface area is 106 Å². The molecule has 0 saturated heterocycles. The minimum Gasteiger partial charge on any atom is -0.494 e.